The van der Waals surface area contributed by atoms with Gasteiger partial charge in [0.25, 0.3) is 0 Å². The second kappa shape index (κ2) is 9.79. The Morgan fingerprint density at radius 2 is 0.806 bits per heavy atom. The van der Waals surface area contributed by atoms with E-state index in [0.717, 1.165) is 0 Å². The molecule has 1 aliphatic carbocycles. The molecule has 0 atom stereocenters. The van der Waals surface area contributed by atoms with Gasteiger partial charge in [0.05, 0.1) is 5.41 Å². The van der Waals surface area contributed by atoms with Crippen LogP contribution in [0.5, 0.6) is 0 Å². The van der Waals surface area contributed by atoms with Crippen LogP contribution in [0.25, 0.3) is 11.1 Å². The van der Waals surface area contributed by atoms with Gasteiger partial charge in [-0.1, -0.05) is 136 Å². The van der Waals surface area contributed by atoms with Crippen LogP contribution in [0.1, 0.15) is 61.1 Å². The molecule has 0 saturated heterocycles. The van der Waals surface area contributed by atoms with Crippen molar-refractivity contribution in [2.45, 2.75) is 47.0 Å². The Hall–Kier alpha value is -3.12. The number of aryl methyl sites for hydroxylation is 2. The molecule has 31 heavy (non-hydrogen) atoms. The van der Waals surface area contributed by atoms with Gasteiger partial charge in [-0.15, -0.1) is 0 Å². The molecule has 0 aromatic heterocycles. The molecule has 4 aromatic carbocycles. The standard InChI is InChI=1S/C27H22.2C2H6/c1-19-13-15-23-24-16-14-20(2)18-26(24)27(25(23)17-19,21-9-5-3-6-10-21)22-11-7-4-8-12-22;2*1-2/h3-18H,1-2H3;2*1-2H3. The number of rotatable bonds is 2. The summed E-state index contributed by atoms with van der Waals surface area (Å²) in [5.41, 5.74) is 10.5. The van der Waals surface area contributed by atoms with Crippen molar-refractivity contribution in [3.05, 3.63) is 130 Å². The molecule has 0 saturated carbocycles. The maximum absolute atomic E-state index is 2.38. The fourth-order valence-corrected chi connectivity index (χ4v) is 4.72. The van der Waals surface area contributed by atoms with Crippen molar-refractivity contribution in [3.8, 4) is 11.1 Å². The number of hydrogen-bond acceptors (Lipinski definition) is 0. The van der Waals surface area contributed by atoms with E-state index in [0.29, 0.717) is 0 Å². The number of hydrogen-bond donors (Lipinski definition) is 0. The Balaban J connectivity index is 0.000000645. The molecular weight excluding hydrogens is 372 g/mol. The fourth-order valence-electron chi connectivity index (χ4n) is 4.72. The van der Waals surface area contributed by atoms with Gasteiger partial charge in [0, 0.05) is 0 Å². The normalized spacial score (nSPS) is 12.5. The third-order valence-electron chi connectivity index (χ3n) is 5.86. The molecule has 0 aliphatic heterocycles. The van der Waals surface area contributed by atoms with Crippen molar-refractivity contribution >= 4 is 0 Å². The fraction of sp³-hybridized carbons (Fsp3) is 0.226. The van der Waals surface area contributed by atoms with E-state index in [1.165, 1.54) is 44.5 Å². The Morgan fingerprint density at radius 1 is 0.452 bits per heavy atom. The lowest BCUT2D eigenvalue weighted by atomic mass is 9.67. The molecule has 0 heterocycles. The van der Waals surface area contributed by atoms with Gasteiger partial charge >= 0.3 is 0 Å². The zero-order chi connectivity index (χ0) is 22.4. The first kappa shape index (κ1) is 22.6. The predicted molar refractivity (Wildman–Crippen MR) is 136 cm³/mol. The highest BCUT2D eigenvalue weighted by Gasteiger charge is 2.45. The Bertz CT molecular complexity index is 1030. The van der Waals surface area contributed by atoms with Gasteiger partial charge in [0.2, 0.25) is 0 Å². The van der Waals surface area contributed by atoms with Crippen LogP contribution in [0.3, 0.4) is 0 Å². The maximum atomic E-state index is 2.38. The molecule has 0 N–H and O–H groups in total. The van der Waals surface area contributed by atoms with E-state index in [-0.39, 0.29) is 5.41 Å². The number of benzene rings is 4. The molecule has 0 radical (unpaired) electrons. The zero-order valence-corrected chi connectivity index (χ0v) is 19.7. The first-order valence-electron chi connectivity index (χ1n) is 11.5. The Labute approximate surface area is 188 Å². The van der Waals surface area contributed by atoms with Gasteiger partial charge < -0.3 is 0 Å². The van der Waals surface area contributed by atoms with Crippen molar-refractivity contribution in [2.24, 2.45) is 0 Å². The minimum absolute atomic E-state index is 0.273. The first-order valence-corrected chi connectivity index (χ1v) is 11.5. The van der Waals surface area contributed by atoms with E-state index in [1.807, 2.05) is 27.7 Å². The van der Waals surface area contributed by atoms with Crippen molar-refractivity contribution in [2.75, 3.05) is 0 Å². The molecule has 5 rings (SSSR count). The molecule has 158 valence electrons. The van der Waals surface area contributed by atoms with Gasteiger partial charge in [-0.05, 0) is 47.2 Å². The van der Waals surface area contributed by atoms with E-state index in [9.17, 15) is 0 Å². The summed E-state index contributed by atoms with van der Waals surface area (Å²) in [6.07, 6.45) is 0. The van der Waals surface area contributed by atoms with Gasteiger partial charge in [-0.3, -0.25) is 0 Å². The summed E-state index contributed by atoms with van der Waals surface area (Å²) >= 11 is 0. The lowest BCUT2D eigenvalue weighted by molar-refractivity contribution is 0.766. The summed E-state index contributed by atoms with van der Waals surface area (Å²) in [5, 5.41) is 0. The van der Waals surface area contributed by atoms with Crippen LogP contribution in [0.15, 0.2) is 97.1 Å². The second-order valence-corrected chi connectivity index (χ2v) is 7.58. The van der Waals surface area contributed by atoms with Gasteiger partial charge in [0.1, 0.15) is 0 Å². The topological polar surface area (TPSA) is 0 Å². The highest BCUT2D eigenvalue weighted by Crippen LogP contribution is 2.56. The van der Waals surface area contributed by atoms with E-state index in [2.05, 4.69) is 111 Å². The average Bonchev–Trinajstić information content (AvgIpc) is 3.12. The van der Waals surface area contributed by atoms with Crippen LogP contribution in [0, 0.1) is 13.8 Å². The molecular formula is C31H34. The largest absolute Gasteiger partial charge is 0.0713 e. The van der Waals surface area contributed by atoms with Gasteiger partial charge in [0.15, 0.2) is 0 Å². The molecule has 1 aliphatic rings. The smallest absolute Gasteiger partial charge is 0.0683 e. The molecule has 0 nitrogen and oxygen atoms in total. The van der Waals surface area contributed by atoms with Crippen LogP contribution < -0.4 is 0 Å². The van der Waals surface area contributed by atoms with Crippen LogP contribution in [0.4, 0.5) is 0 Å². The van der Waals surface area contributed by atoms with Gasteiger partial charge in [-0.2, -0.15) is 0 Å². The molecule has 4 aromatic rings. The van der Waals surface area contributed by atoms with Crippen LogP contribution in [-0.2, 0) is 5.41 Å². The summed E-state index contributed by atoms with van der Waals surface area (Å²) in [4.78, 5) is 0. The molecule has 0 heteroatoms. The Kier molecular flexibility index (Phi) is 7.13. The summed E-state index contributed by atoms with van der Waals surface area (Å²) in [7, 11) is 0. The quantitative estimate of drug-likeness (QED) is 0.275. The molecule has 0 spiro atoms. The van der Waals surface area contributed by atoms with Crippen molar-refractivity contribution < 1.29 is 0 Å². The highest BCUT2D eigenvalue weighted by atomic mass is 14.5. The monoisotopic (exact) mass is 406 g/mol. The minimum atomic E-state index is -0.273. The highest BCUT2D eigenvalue weighted by molar-refractivity contribution is 5.86. The first-order chi connectivity index (χ1) is 15.2. The third-order valence-corrected chi connectivity index (χ3v) is 5.86. The van der Waals surface area contributed by atoms with Crippen molar-refractivity contribution in [3.63, 3.8) is 0 Å². The summed E-state index contributed by atoms with van der Waals surface area (Å²) in [6.45, 7) is 12.4. The van der Waals surface area contributed by atoms with Crippen molar-refractivity contribution in [1.29, 1.82) is 0 Å². The third kappa shape index (κ3) is 3.72. The SMILES string of the molecule is CC.CC.Cc1ccc2c(c1)C(c1ccccc1)(c1ccccc1)c1cc(C)ccc1-2. The summed E-state index contributed by atoms with van der Waals surface area (Å²) in [5.74, 6) is 0. The average molecular weight is 407 g/mol. The lowest BCUT2D eigenvalue weighted by Gasteiger charge is -2.34. The van der Waals surface area contributed by atoms with Crippen LogP contribution in [-0.4, -0.2) is 0 Å². The molecule has 0 bridgehead atoms. The Morgan fingerprint density at radius 3 is 1.16 bits per heavy atom. The molecule has 0 amide bonds. The van der Waals surface area contributed by atoms with E-state index < -0.39 is 0 Å². The minimum Gasteiger partial charge on any atom is -0.0683 e. The summed E-state index contributed by atoms with van der Waals surface area (Å²) in [6, 6.07) is 35.7. The van der Waals surface area contributed by atoms with Crippen molar-refractivity contribution in [1.82, 2.24) is 0 Å². The van der Waals surface area contributed by atoms with Crippen LogP contribution >= 0.6 is 0 Å². The predicted octanol–water partition coefficient (Wildman–Crippen LogP) is 8.72. The maximum Gasteiger partial charge on any atom is 0.0713 e. The molecule has 0 unspecified atom stereocenters. The second-order valence-electron chi connectivity index (χ2n) is 7.58. The van der Waals surface area contributed by atoms with Gasteiger partial charge in [-0.25, -0.2) is 0 Å². The van der Waals surface area contributed by atoms with Crippen LogP contribution in [0.2, 0.25) is 0 Å². The van der Waals surface area contributed by atoms with E-state index in [4.69, 9.17) is 0 Å². The van der Waals surface area contributed by atoms with E-state index in [1.54, 1.807) is 0 Å². The lowest BCUT2D eigenvalue weighted by Crippen LogP contribution is -2.28. The number of fused-ring (bicyclic) bond motifs is 3. The molecule has 0 fully saturated rings. The summed E-state index contributed by atoms with van der Waals surface area (Å²) < 4.78 is 0. The zero-order valence-electron chi connectivity index (χ0n) is 19.7. The van der Waals surface area contributed by atoms with E-state index >= 15 is 0 Å².